The number of carbonyl (C=O) groups is 2. The lowest BCUT2D eigenvalue weighted by molar-refractivity contribution is -0.139. The molecule has 4 nitrogen and oxygen atoms in total. The van der Waals surface area contributed by atoms with Gasteiger partial charge in [-0.3, -0.25) is 14.5 Å². The predicted octanol–water partition coefficient (Wildman–Crippen LogP) is 1.31. The van der Waals surface area contributed by atoms with Crippen molar-refractivity contribution in [2.24, 2.45) is 0 Å². The fourth-order valence-corrected chi connectivity index (χ4v) is 2.09. The van der Waals surface area contributed by atoms with Gasteiger partial charge in [-0.25, -0.2) is 0 Å². The van der Waals surface area contributed by atoms with Crippen LogP contribution in [-0.4, -0.2) is 29.3 Å². The van der Waals surface area contributed by atoms with E-state index in [1.54, 1.807) is 0 Å². The van der Waals surface area contributed by atoms with E-state index in [2.05, 4.69) is 5.32 Å². The number of benzene rings is 1. The summed E-state index contributed by atoms with van der Waals surface area (Å²) in [6, 6.07) is 9.25. The number of likely N-dealkylation sites (tertiary alicyclic amines) is 1. The zero-order valence-electron chi connectivity index (χ0n) is 10.6. The first-order valence-corrected chi connectivity index (χ1v) is 6.34. The van der Waals surface area contributed by atoms with Crippen LogP contribution in [0.3, 0.4) is 0 Å². The molecule has 1 aromatic rings. The first-order valence-electron chi connectivity index (χ1n) is 6.34. The molecule has 0 aromatic heterocycles. The number of amides is 2. The molecule has 0 radical (unpaired) electrons. The van der Waals surface area contributed by atoms with Gasteiger partial charge in [0.2, 0.25) is 11.8 Å². The molecular formula is C14H18N2O2. The lowest BCUT2D eigenvalue weighted by atomic mass is 10.2. The average Bonchev–Trinajstić information content (AvgIpc) is 2.65. The Bertz CT molecular complexity index is 431. The molecule has 4 heteroatoms. The first-order chi connectivity index (χ1) is 8.72. The third kappa shape index (κ3) is 2.76. The number of hydrogen-bond acceptors (Lipinski definition) is 3. The minimum absolute atomic E-state index is 0.0857. The highest BCUT2D eigenvalue weighted by molar-refractivity contribution is 6.05. The van der Waals surface area contributed by atoms with Gasteiger partial charge in [-0.2, -0.15) is 0 Å². The molecule has 0 saturated carbocycles. The van der Waals surface area contributed by atoms with Gasteiger partial charge in [0.05, 0.1) is 19.0 Å². The lowest BCUT2D eigenvalue weighted by Crippen LogP contribution is -2.38. The molecule has 0 bridgehead atoms. The van der Waals surface area contributed by atoms with Crippen molar-refractivity contribution >= 4 is 11.8 Å². The van der Waals surface area contributed by atoms with Crippen LogP contribution < -0.4 is 5.32 Å². The van der Waals surface area contributed by atoms with Crippen LogP contribution in [0.4, 0.5) is 0 Å². The largest absolute Gasteiger partial charge is 0.305 e. The monoisotopic (exact) mass is 246 g/mol. The van der Waals surface area contributed by atoms with E-state index in [1.807, 2.05) is 37.3 Å². The second-order valence-electron chi connectivity index (χ2n) is 4.51. The van der Waals surface area contributed by atoms with Crippen molar-refractivity contribution in [2.45, 2.75) is 32.4 Å². The number of carbonyl (C=O) groups excluding carboxylic acids is 2. The van der Waals surface area contributed by atoms with Crippen LogP contribution in [0.15, 0.2) is 30.3 Å². The standard InChI is InChI=1S/C14H18N2O2/c1-2-8-15-12-9-13(17)16(14(12)18)10-11-6-4-3-5-7-11/h3-7,12,15H,2,8-10H2,1H3. The summed E-state index contributed by atoms with van der Waals surface area (Å²) in [4.78, 5) is 25.2. The van der Waals surface area contributed by atoms with Crippen molar-refractivity contribution in [1.82, 2.24) is 10.2 Å². The normalized spacial score (nSPS) is 19.6. The number of imide groups is 1. The van der Waals surface area contributed by atoms with Gasteiger partial charge in [0.1, 0.15) is 0 Å². The Morgan fingerprint density at radius 2 is 2.00 bits per heavy atom. The maximum atomic E-state index is 12.1. The molecule has 1 fully saturated rings. The summed E-state index contributed by atoms with van der Waals surface area (Å²) < 4.78 is 0. The van der Waals surface area contributed by atoms with Crippen LogP contribution in [0.2, 0.25) is 0 Å². The third-order valence-electron chi connectivity index (χ3n) is 3.07. The van der Waals surface area contributed by atoms with Crippen LogP contribution in [-0.2, 0) is 16.1 Å². The molecule has 1 aliphatic rings. The minimum atomic E-state index is -0.332. The van der Waals surface area contributed by atoms with E-state index in [4.69, 9.17) is 0 Å². The van der Waals surface area contributed by atoms with E-state index in [0.717, 1.165) is 18.5 Å². The van der Waals surface area contributed by atoms with Gasteiger partial charge in [0.25, 0.3) is 0 Å². The summed E-state index contributed by atoms with van der Waals surface area (Å²) in [5, 5.41) is 3.12. The summed E-state index contributed by atoms with van der Waals surface area (Å²) >= 11 is 0. The third-order valence-corrected chi connectivity index (χ3v) is 3.07. The van der Waals surface area contributed by atoms with Crippen LogP contribution >= 0.6 is 0 Å². The Labute approximate surface area is 107 Å². The van der Waals surface area contributed by atoms with E-state index < -0.39 is 0 Å². The molecule has 1 aliphatic heterocycles. The van der Waals surface area contributed by atoms with Crippen molar-refractivity contribution in [2.75, 3.05) is 6.54 Å². The van der Waals surface area contributed by atoms with Crippen LogP contribution in [0, 0.1) is 0 Å². The molecule has 2 rings (SSSR count). The van der Waals surface area contributed by atoms with E-state index in [-0.39, 0.29) is 24.3 Å². The maximum Gasteiger partial charge on any atom is 0.247 e. The zero-order chi connectivity index (χ0) is 13.0. The topological polar surface area (TPSA) is 49.4 Å². The van der Waals surface area contributed by atoms with Gasteiger partial charge in [0.15, 0.2) is 0 Å². The number of hydrogen-bond donors (Lipinski definition) is 1. The van der Waals surface area contributed by atoms with E-state index >= 15 is 0 Å². The van der Waals surface area contributed by atoms with Crippen molar-refractivity contribution < 1.29 is 9.59 Å². The van der Waals surface area contributed by atoms with Gasteiger partial charge >= 0.3 is 0 Å². The zero-order valence-corrected chi connectivity index (χ0v) is 10.6. The summed E-state index contributed by atoms with van der Waals surface area (Å²) in [6.07, 6.45) is 1.24. The van der Waals surface area contributed by atoms with Gasteiger partial charge in [0, 0.05) is 0 Å². The highest BCUT2D eigenvalue weighted by atomic mass is 16.2. The Morgan fingerprint density at radius 3 is 2.67 bits per heavy atom. The van der Waals surface area contributed by atoms with Gasteiger partial charge in [-0.1, -0.05) is 37.3 Å². The van der Waals surface area contributed by atoms with Crippen molar-refractivity contribution in [3.05, 3.63) is 35.9 Å². The smallest absolute Gasteiger partial charge is 0.247 e. The minimum Gasteiger partial charge on any atom is -0.305 e. The number of rotatable bonds is 5. The lowest BCUT2D eigenvalue weighted by Gasteiger charge is -2.15. The van der Waals surface area contributed by atoms with Gasteiger partial charge in [-0.15, -0.1) is 0 Å². The van der Waals surface area contributed by atoms with E-state index in [9.17, 15) is 9.59 Å². The predicted molar refractivity (Wildman–Crippen MR) is 68.7 cm³/mol. The second-order valence-corrected chi connectivity index (χ2v) is 4.51. The van der Waals surface area contributed by atoms with Crippen molar-refractivity contribution in [3.63, 3.8) is 0 Å². The van der Waals surface area contributed by atoms with E-state index in [0.29, 0.717) is 6.54 Å². The molecule has 0 spiro atoms. The number of nitrogens with zero attached hydrogens (tertiary/aromatic N) is 1. The average molecular weight is 246 g/mol. The molecule has 2 amide bonds. The highest BCUT2D eigenvalue weighted by Crippen LogP contribution is 2.16. The highest BCUT2D eigenvalue weighted by Gasteiger charge is 2.37. The fraction of sp³-hybridized carbons (Fsp3) is 0.429. The Kier molecular flexibility index (Phi) is 4.10. The first kappa shape index (κ1) is 12.8. The molecule has 1 unspecified atom stereocenters. The Hall–Kier alpha value is -1.68. The molecule has 1 heterocycles. The summed E-state index contributed by atoms with van der Waals surface area (Å²) in [5.41, 5.74) is 0.982. The van der Waals surface area contributed by atoms with E-state index in [1.165, 1.54) is 4.90 Å². The molecule has 18 heavy (non-hydrogen) atoms. The van der Waals surface area contributed by atoms with Crippen LogP contribution in [0.25, 0.3) is 0 Å². The Morgan fingerprint density at radius 1 is 1.28 bits per heavy atom. The Balaban J connectivity index is 2.01. The maximum absolute atomic E-state index is 12.1. The van der Waals surface area contributed by atoms with Crippen molar-refractivity contribution in [3.8, 4) is 0 Å². The molecule has 96 valence electrons. The van der Waals surface area contributed by atoms with Gasteiger partial charge in [-0.05, 0) is 18.5 Å². The van der Waals surface area contributed by atoms with Crippen LogP contribution in [0.1, 0.15) is 25.3 Å². The number of nitrogens with one attached hydrogen (secondary N) is 1. The summed E-state index contributed by atoms with van der Waals surface area (Å²) in [6.45, 7) is 3.18. The molecule has 0 aliphatic carbocycles. The fourth-order valence-electron chi connectivity index (χ4n) is 2.09. The molecular weight excluding hydrogens is 228 g/mol. The summed E-state index contributed by atoms with van der Waals surface area (Å²) in [5.74, 6) is -0.185. The SMILES string of the molecule is CCCNC1CC(=O)N(Cc2ccccc2)C1=O. The summed E-state index contributed by atoms with van der Waals surface area (Å²) in [7, 11) is 0. The molecule has 1 aromatic carbocycles. The second kappa shape index (κ2) is 5.78. The molecule has 1 saturated heterocycles. The quantitative estimate of drug-likeness (QED) is 0.797. The molecule has 1 N–H and O–H groups in total. The van der Waals surface area contributed by atoms with Crippen molar-refractivity contribution in [1.29, 1.82) is 0 Å². The van der Waals surface area contributed by atoms with Crippen LogP contribution in [0.5, 0.6) is 0 Å². The molecule has 1 atom stereocenters. The van der Waals surface area contributed by atoms with Gasteiger partial charge < -0.3 is 5.32 Å².